The summed E-state index contributed by atoms with van der Waals surface area (Å²) in [6.45, 7) is 0. The van der Waals surface area contributed by atoms with Crippen LogP contribution < -0.4 is 5.73 Å². The molecule has 0 amide bonds. The van der Waals surface area contributed by atoms with E-state index in [2.05, 4.69) is 0 Å². The fourth-order valence-corrected chi connectivity index (χ4v) is 2.34. The van der Waals surface area contributed by atoms with E-state index < -0.39 is 5.82 Å². The molecule has 2 N–H and O–H groups in total. The van der Waals surface area contributed by atoms with Crippen LogP contribution in [0.2, 0.25) is 0 Å². The zero-order valence-corrected chi connectivity index (χ0v) is 9.21. The number of nitrogen functional groups attached to an aromatic ring is 1. The monoisotopic (exact) mass is 221 g/mol. The Morgan fingerprint density at radius 3 is 2.56 bits per heavy atom. The van der Waals surface area contributed by atoms with Crippen LogP contribution in [-0.2, 0) is 0 Å². The summed E-state index contributed by atoms with van der Waals surface area (Å²) in [6.07, 6.45) is 5.31. The molecule has 1 aromatic rings. The fraction of sp³-hybridized carbons (Fsp3) is 0.462. The summed E-state index contributed by atoms with van der Waals surface area (Å²) in [7, 11) is 0. The molecule has 0 heterocycles. The number of carbonyl (C=O) groups is 1. The molecular weight excluding hydrogens is 205 g/mol. The topological polar surface area (TPSA) is 43.1 Å². The summed E-state index contributed by atoms with van der Waals surface area (Å²) in [5, 5.41) is 0. The minimum Gasteiger partial charge on any atom is -0.398 e. The Hall–Kier alpha value is -1.38. The van der Waals surface area contributed by atoms with E-state index in [0.717, 1.165) is 25.7 Å². The quantitative estimate of drug-likeness (QED) is 0.615. The largest absolute Gasteiger partial charge is 0.398 e. The first kappa shape index (κ1) is 11.1. The van der Waals surface area contributed by atoms with E-state index in [1.807, 2.05) is 0 Å². The number of rotatable bonds is 2. The molecule has 0 aliphatic heterocycles. The van der Waals surface area contributed by atoms with E-state index in [1.54, 1.807) is 0 Å². The minimum absolute atomic E-state index is 0.0807. The van der Waals surface area contributed by atoms with Crippen LogP contribution in [0.5, 0.6) is 0 Å². The van der Waals surface area contributed by atoms with Gasteiger partial charge in [0.15, 0.2) is 5.78 Å². The van der Waals surface area contributed by atoms with Crippen LogP contribution in [0.3, 0.4) is 0 Å². The third-order valence-corrected chi connectivity index (χ3v) is 3.26. The van der Waals surface area contributed by atoms with Crippen molar-refractivity contribution in [1.29, 1.82) is 0 Å². The van der Waals surface area contributed by atoms with Crippen LogP contribution in [0.25, 0.3) is 0 Å². The fourth-order valence-electron chi connectivity index (χ4n) is 2.34. The Labute approximate surface area is 94.6 Å². The van der Waals surface area contributed by atoms with Gasteiger partial charge in [-0.3, -0.25) is 4.79 Å². The molecule has 1 saturated carbocycles. The van der Waals surface area contributed by atoms with Gasteiger partial charge in [-0.1, -0.05) is 19.3 Å². The van der Waals surface area contributed by atoms with Gasteiger partial charge in [-0.25, -0.2) is 4.39 Å². The van der Waals surface area contributed by atoms with Gasteiger partial charge in [0.25, 0.3) is 0 Å². The van der Waals surface area contributed by atoms with Gasteiger partial charge in [0.2, 0.25) is 0 Å². The van der Waals surface area contributed by atoms with Gasteiger partial charge in [-0.05, 0) is 31.0 Å². The average molecular weight is 221 g/mol. The first-order chi connectivity index (χ1) is 7.68. The van der Waals surface area contributed by atoms with E-state index in [4.69, 9.17) is 5.73 Å². The van der Waals surface area contributed by atoms with Crippen LogP contribution in [0.4, 0.5) is 10.1 Å². The van der Waals surface area contributed by atoms with Crippen LogP contribution in [0.15, 0.2) is 18.2 Å². The second kappa shape index (κ2) is 4.64. The van der Waals surface area contributed by atoms with Crippen LogP contribution in [-0.4, -0.2) is 5.78 Å². The second-order valence-corrected chi connectivity index (χ2v) is 4.43. The number of nitrogens with two attached hydrogens (primary N) is 1. The normalized spacial score (nSPS) is 17.3. The highest BCUT2D eigenvalue weighted by molar-refractivity contribution is 6.02. The highest BCUT2D eigenvalue weighted by atomic mass is 19.1. The van der Waals surface area contributed by atoms with Gasteiger partial charge in [-0.15, -0.1) is 0 Å². The van der Waals surface area contributed by atoms with E-state index in [0.29, 0.717) is 5.56 Å². The van der Waals surface area contributed by atoms with Crippen molar-refractivity contribution < 1.29 is 9.18 Å². The zero-order chi connectivity index (χ0) is 11.5. The Morgan fingerprint density at radius 1 is 1.25 bits per heavy atom. The van der Waals surface area contributed by atoms with Crippen molar-refractivity contribution in [3.63, 3.8) is 0 Å². The molecule has 0 saturated heterocycles. The molecule has 3 heteroatoms. The molecule has 86 valence electrons. The number of anilines is 1. The number of Topliss-reactive ketones (excluding diaryl/α,β-unsaturated/α-hetero) is 1. The molecule has 0 radical (unpaired) electrons. The highest BCUT2D eigenvalue weighted by Crippen LogP contribution is 2.28. The first-order valence-electron chi connectivity index (χ1n) is 5.77. The molecule has 1 aromatic carbocycles. The summed E-state index contributed by atoms with van der Waals surface area (Å²) >= 11 is 0. The predicted molar refractivity (Wildman–Crippen MR) is 61.7 cm³/mol. The third-order valence-electron chi connectivity index (χ3n) is 3.26. The Bertz CT molecular complexity index is 397. The highest BCUT2D eigenvalue weighted by Gasteiger charge is 2.23. The number of hydrogen-bond acceptors (Lipinski definition) is 2. The van der Waals surface area contributed by atoms with Gasteiger partial charge in [0, 0.05) is 17.2 Å². The maximum Gasteiger partial charge on any atom is 0.168 e. The van der Waals surface area contributed by atoms with Gasteiger partial charge >= 0.3 is 0 Å². The molecule has 0 spiro atoms. The lowest BCUT2D eigenvalue weighted by Gasteiger charge is -2.20. The molecule has 2 nitrogen and oxygen atoms in total. The summed E-state index contributed by atoms with van der Waals surface area (Å²) in [4.78, 5) is 12.1. The maximum absolute atomic E-state index is 12.9. The van der Waals surface area contributed by atoms with Crippen molar-refractivity contribution in [2.45, 2.75) is 32.1 Å². The van der Waals surface area contributed by atoms with E-state index >= 15 is 0 Å². The summed E-state index contributed by atoms with van der Waals surface area (Å²) in [6, 6.07) is 4.02. The smallest absolute Gasteiger partial charge is 0.168 e. The SMILES string of the molecule is Nc1cc(F)ccc1C(=O)C1CCCCC1. The number of halogens is 1. The van der Waals surface area contributed by atoms with E-state index in [1.165, 1.54) is 24.6 Å². The number of benzene rings is 1. The standard InChI is InChI=1S/C13H16FNO/c14-10-6-7-11(12(15)8-10)13(16)9-4-2-1-3-5-9/h6-9H,1-5,15H2. The van der Waals surface area contributed by atoms with Gasteiger partial charge in [-0.2, -0.15) is 0 Å². The van der Waals surface area contributed by atoms with Gasteiger partial charge < -0.3 is 5.73 Å². The molecule has 0 unspecified atom stereocenters. The predicted octanol–water partition coefficient (Wildman–Crippen LogP) is 3.17. The molecule has 1 aliphatic carbocycles. The Kier molecular flexibility index (Phi) is 3.22. The number of ketones is 1. The summed E-state index contributed by atoms with van der Waals surface area (Å²) in [5.41, 5.74) is 6.41. The van der Waals surface area contributed by atoms with Crippen molar-refractivity contribution in [2.24, 2.45) is 5.92 Å². The summed E-state index contributed by atoms with van der Waals surface area (Å²) < 4.78 is 12.9. The Balaban J connectivity index is 2.19. The first-order valence-corrected chi connectivity index (χ1v) is 5.77. The van der Waals surface area contributed by atoms with Crippen molar-refractivity contribution in [2.75, 3.05) is 5.73 Å². The molecule has 0 atom stereocenters. The van der Waals surface area contributed by atoms with Gasteiger partial charge in [0.05, 0.1) is 0 Å². The van der Waals surface area contributed by atoms with Crippen molar-refractivity contribution in [3.8, 4) is 0 Å². The lowest BCUT2D eigenvalue weighted by Crippen LogP contribution is -2.19. The van der Waals surface area contributed by atoms with Crippen LogP contribution in [0.1, 0.15) is 42.5 Å². The molecule has 1 fully saturated rings. The number of hydrogen-bond donors (Lipinski definition) is 1. The molecule has 2 rings (SSSR count). The maximum atomic E-state index is 12.9. The lowest BCUT2D eigenvalue weighted by atomic mass is 9.83. The summed E-state index contributed by atoms with van der Waals surface area (Å²) in [5.74, 6) is -0.226. The van der Waals surface area contributed by atoms with Crippen molar-refractivity contribution in [1.82, 2.24) is 0 Å². The minimum atomic E-state index is -0.391. The molecule has 0 bridgehead atoms. The van der Waals surface area contributed by atoms with E-state index in [-0.39, 0.29) is 17.4 Å². The van der Waals surface area contributed by atoms with Crippen molar-refractivity contribution in [3.05, 3.63) is 29.6 Å². The van der Waals surface area contributed by atoms with Crippen LogP contribution >= 0.6 is 0 Å². The number of carbonyl (C=O) groups excluding carboxylic acids is 1. The van der Waals surface area contributed by atoms with E-state index in [9.17, 15) is 9.18 Å². The average Bonchev–Trinajstić information content (AvgIpc) is 2.29. The van der Waals surface area contributed by atoms with Gasteiger partial charge in [0.1, 0.15) is 5.82 Å². The Morgan fingerprint density at radius 2 is 1.94 bits per heavy atom. The molecular formula is C13H16FNO. The van der Waals surface area contributed by atoms with Crippen LogP contribution in [0, 0.1) is 11.7 Å². The zero-order valence-electron chi connectivity index (χ0n) is 9.21. The molecule has 16 heavy (non-hydrogen) atoms. The molecule has 0 aromatic heterocycles. The van der Waals surface area contributed by atoms with Crippen molar-refractivity contribution >= 4 is 11.5 Å². The second-order valence-electron chi connectivity index (χ2n) is 4.43. The molecule has 1 aliphatic rings. The lowest BCUT2D eigenvalue weighted by molar-refractivity contribution is 0.0890. The third kappa shape index (κ3) is 2.23.